The molecule has 0 aromatic heterocycles. The van der Waals surface area contributed by atoms with Crippen LogP contribution in [-0.2, 0) is 16.1 Å². The number of methoxy groups -OCH3 is 1. The van der Waals surface area contributed by atoms with Gasteiger partial charge in [-0.05, 0) is 24.1 Å². The van der Waals surface area contributed by atoms with E-state index in [2.05, 4.69) is 12.2 Å². The minimum atomic E-state index is -0.979. The minimum Gasteiger partial charge on any atom is -0.493 e. The van der Waals surface area contributed by atoms with Crippen LogP contribution in [0.25, 0.3) is 0 Å². The third kappa shape index (κ3) is 6.71. The molecule has 0 aliphatic carbocycles. The fraction of sp³-hybridized carbons (Fsp3) is 0.619. The van der Waals surface area contributed by atoms with Crippen molar-refractivity contribution in [2.45, 2.75) is 58.0 Å². The highest BCUT2D eigenvalue weighted by Crippen LogP contribution is 2.29. The molecule has 1 saturated heterocycles. The van der Waals surface area contributed by atoms with Crippen LogP contribution in [0, 0.1) is 0 Å². The Bertz CT molecular complexity index is 650. The number of benzene rings is 1. The zero-order valence-corrected chi connectivity index (χ0v) is 16.9. The molecule has 0 radical (unpaired) electrons. The van der Waals surface area contributed by atoms with Gasteiger partial charge in [0.25, 0.3) is 0 Å². The summed E-state index contributed by atoms with van der Waals surface area (Å²) in [7, 11) is 1.61. The second-order valence-electron chi connectivity index (χ2n) is 7.12. The highest BCUT2D eigenvalue weighted by molar-refractivity contribution is 5.86. The zero-order chi connectivity index (χ0) is 20.4. The number of nitrogens with one attached hydrogen (secondary N) is 1. The summed E-state index contributed by atoms with van der Waals surface area (Å²) in [5, 5.41) is 11.8. The number of hydrogen-bond donors (Lipinski definition) is 2. The summed E-state index contributed by atoms with van der Waals surface area (Å²) >= 11 is 0. The molecule has 0 saturated carbocycles. The van der Waals surface area contributed by atoms with Crippen molar-refractivity contribution < 1.29 is 24.2 Å². The molecule has 1 aliphatic rings. The van der Waals surface area contributed by atoms with Crippen molar-refractivity contribution in [1.29, 1.82) is 0 Å². The number of amides is 1. The summed E-state index contributed by atoms with van der Waals surface area (Å²) in [6, 6.07) is 5.07. The van der Waals surface area contributed by atoms with E-state index < -0.39 is 12.0 Å². The number of carboxylic acid groups (broad SMARTS) is 1. The first-order valence-corrected chi connectivity index (χ1v) is 10.1. The number of ether oxygens (including phenoxy) is 2. The largest absolute Gasteiger partial charge is 0.493 e. The van der Waals surface area contributed by atoms with Gasteiger partial charge in [-0.15, -0.1) is 0 Å². The fourth-order valence-electron chi connectivity index (χ4n) is 3.39. The molecule has 2 rings (SSSR count). The summed E-state index contributed by atoms with van der Waals surface area (Å²) in [5.74, 6) is 0.151. The quantitative estimate of drug-likeness (QED) is 0.532. The lowest BCUT2D eigenvalue weighted by Crippen LogP contribution is -2.55. The van der Waals surface area contributed by atoms with Crippen LogP contribution in [0.3, 0.4) is 0 Å². The maximum absolute atomic E-state index is 12.1. The molecule has 156 valence electrons. The summed E-state index contributed by atoms with van der Waals surface area (Å²) in [4.78, 5) is 25.1. The molecule has 1 heterocycles. The fourth-order valence-corrected chi connectivity index (χ4v) is 3.39. The molecule has 1 aromatic carbocycles. The van der Waals surface area contributed by atoms with E-state index in [1.165, 1.54) is 19.3 Å². The predicted octanol–water partition coefficient (Wildman–Crippen LogP) is 2.82. The lowest BCUT2D eigenvalue weighted by Gasteiger charge is -2.34. The van der Waals surface area contributed by atoms with E-state index in [1.54, 1.807) is 7.11 Å². The van der Waals surface area contributed by atoms with Crippen molar-refractivity contribution in [3.8, 4) is 11.5 Å². The Kier molecular flexibility index (Phi) is 9.07. The molecule has 0 spiro atoms. The Morgan fingerprint density at radius 3 is 2.75 bits per heavy atom. The number of aliphatic carboxylic acids is 1. The highest BCUT2D eigenvalue weighted by atomic mass is 16.5. The second kappa shape index (κ2) is 11.5. The van der Waals surface area contributed by atoms with Crippen LogP contribution in [-0.4, -0.2) is 54.7 Å². The Hall–Kier alpha value is -2.28. The van der Waals surface area contributed by atoms with Crippen molar-refractivity contribution in [3.63, 3.8) is 0 Å². The number of carbonyl (C=O) groups excluding carboxylic acids is 1. The number of hydrogen-bond acceptors (Lipinski definition) is 5. The van der Waals surface area contributed by atoms with Gasteiger partial charge in [-0.25, -0.2) is 0 Å². The van der Waals surface area contributed by atoms with Crippen LogP contribution in [0.15, 0.2) is 18.2 Å². The molecular weight excluding hydrogens is 360 g/mol. The monoisotopic (exact) mass is 392 g/mol. The number of unbranched alkanes of at least 4 members (excludes halogenated alkanes) is 4. The second-order valence-corrected chi connectivity index (χ2v) is 7.12. The van der Waals surface area contributed by atoms with Crippen molar-refractivity contribution in [1.82, 2.24) is 10.2 Å². The van der Waals surface area contributed by atoms with E-state index in [-0.39, 0.29) is 12.3 Å². The lowest BCUT2D eigenvalue weighted by atomic mass is 10.1. The molecule has 1 unspecified atom stereocenters. The Balaban J connectivity index is 1.96. The molecule has 7 nitrogen and oxygen atoms in total. The smallest absolute Gasteiger partial charge is 0.305 e. The first kappa shape index (κ1) is 22.0. The molecule has 1 atom stereocenters. The van der Waals surface area contributed by atoms with Gasteiger partial charge < -0.3 is 19.9 Å². The van der Waals surface area contributed by atoms with Gasteiger partial charge in [0.15, 0.2) is 11.5 Å². The van der Waals surface area contributed by atoms with E-state index in [9.17, 15) is 9.59 Å². The predicted molar refractivity (Wildman–Crippen MR) is 107 cm³/mol. The molecule has 7 heteroatoms. The van der Waals surface area contributed by atoms with E-state index in [0.717, 1.165) is 18.4 Å². The van der Waals surface area contributed by atoms with Gasteiger partial charge in [-0.3, -0.25) is 14.5 Å². The van der Waals surface area contributed by atoms with Crippen LogP contribution in [0.1, 0.15) is 51.0 Å². The molecule has 1 fully saturated rings. The number of carboxylic acids is 1. The third-order valence-corrected chi connectivity index (χ3v) is 4.93. The normalized spacial score (nSPS) is 17.2. The van der Waals surface area contributed by atoms with Crippen LogP contribution in [0.4, 0.5) is 0 Å². The Morgan fingerprint density at radius 2 is 2.04 bits per heavy atom. The van der Waals surface area contributed by atoms with E-state index in [0.29, 0.717) is 37.7 Å². The van der Waals surface area contributed by atoms with Gasteiger partial charge in [0.2, 0.25) is 5.91 Å². The molecule has 28 heavy (non-hydrogen) atoms. The van der Waals surface area contributed by atoms with Gasteiger partial charge in [-0.2, -0.15) is 0 Å². The summed E-state index contributed by atoms with van der Waals surface area (Å²) in [6.07, 6.45) is 5.69. The topological polar surface area (TPSA) is 88.1 Å². The van der Waals surface area contributed by atoms with E-state index >= 15 is 0 Å². The van der Waals surface area contributed by atoms with Gasteiger partial charge >= 0.3 is 5.97 Å². The lowest BCUT2D eigenvalue weighted by molar-refractivity contribution is -0.143. The molecule has 1 aromatic rings. The number of nitrogens with zero attached hydrogens (tertiary/aromatic N) is 1. The van der Waals surface area contributed by atoms with Gasteiger partial charge in [0.05, 0.1) is 20.1 Å². The van der Waals surface area contributed by atoms with E-state index in [1.807, 2.05) is 23.1 Å². The van der Waals surface area contributed by atoms with Crippen molar-refractivity contribution in [3.05, 3.63) is 23.8 Å². The summed E-state index contributed by atoms with van der Waals surface area (Å²) < 4.78 is 11.3. The number of piperazine rings is 1. The van der Waals surface area contributed by atoms with Crippen LogP contribution in [0.5, 0.6) is 11.5 Å². The van der Waals surface area contributed by atoms with Crippen LogP contribution < -0.4 is 14.8 Å². The van der Waals surface area contributed by atoms with Gasteiger partial charge in [0, 0.05) is 19.6 Å². The average Bonchev–Trinajstić information content (AvgIpc) is 2.67. The highest BCUT2D eigenvalue weighted by Gasteiger charge is 2.31. The Labute approximate surface area is 167 Å². The van der Waals surface area contributed by atoms with Crippen molar-refractivity contribution >= 4 is 11.9 Å². The van der Waals surface area contributed by atoms with Crippen molar-refractivity contribution in [2.75, 3.05) is 26.8 Å². The third-order valence-electron chi connectivity index (χ3n) is 4.93. The van der Waals surface area contributed by atoms with Gasteiger partial charge in [-0.1, -0.05) is 38.7 Å². The number of carbonyl (C=O) groups is 2. The maximum atomic E-state index is 12.1. The molecule has 1 aliphatic heterocycles. The summed E-state index contributed by atoms with van der Waals surface area (Å²) in [5.41, 5.74) is 0.956. The summed E-state index contributed by atoms with van der Waals surface area (Å²) in [6.45, 7) is 4.47. The Morgan fingerprint density at radius 1 is 1.25 bits per heavy atom. The van der Waals surface area contributed by atoms with Crippen LogP contribution >= 0.6 is 0 Å². The average molecular weight is 392 g/mol. The standard InChI is InChI=1S/C21H32N2O5/c1-3-4-5-6-7-12-28-18-9-8-16(13-19(18)27-2)15-23-11-10-22-21(26)17(23)14-20(24)25/h8-9,13,17H,3-7,10-12,14-15H2,1-2H3,(H,22,26)(H,24,25). The zero-order valence-electron chi connectivity index (χ0n) is 16.9. The molecule has 2 N–H and O–H groups in total. The van der Waals surface area contributed by atoms with Crippen molar-refractivity contribution in [2.24, 2.45) is 0 Å². The first-order valence-electron chi connectivity index (χ1n) is 10.1. The molecule has 1 amide bonds. The molecular formula is C21H32N2O5. The maximum Gasteiger partial charge on any atom is 0.305 e. The number of rotatable bonds is 12. The van der Waals surface area contributed by atoms with Gasteiger partial charge in [0.1, 0.15) is 6.04 Å². The van der Waals surface area contributed by atoms with Crippen LogP contribution in [0.2, 0.25) is 0 Å². The molecule has 0 bridgehead atoms. The van der Waals surface area contributed by atoms with E-state index in [4.69, 9.17) is 14.6 Å². The first-order chi connectivity index (χ1) is 13.5. The SMILES string of the molecule is CCCCCCCOc1ccc(CN2CCNC(=O)C2CC(=O)O)cc1OC. The minimum absolute atomic E-state index is 0.206.